The van der Waals surface area contributed by atoms with Crippen LogP contribution in [-0.2, 0) is 17.8 Å². The van der Waals surface area contributed by atoms with E-state index in [0.717, 1.165) is 35.9 Å². The molecular formula is C17H24ClN5O. The van der Waals surface area contributed by atoms with Crippen LogP contribution in [0, 0.1) is 0 Å². The summed E-state index contributed by atoms with van der Waals surface area (Å²) in [6, 6.07) is 7.84. The summed E-state index contributed by atoms with van der Waals surface area (Å²) in [4.78, 5) is 11.9. The molecule has 1 aliphatic rings. The van der Waals surface area contributed by atoms with Gasteiger partial charge < -0.3 is 15.2 Å². The SMILES string of the molecule is CNCCC(=O)Nc1cccc(-c2nnc3n2CCCCC3)c1.Cl. The number of aryl methyl sites for hydroxylation is 1. The lowest BCUT2D eigenvalue weighted by molar-refractivity contribution is -0.116. The number of aromatic nitrogens is 3. The monoisotopic (exact) mass is 349 g/mol. The molecule has 1 aromatic heterocycles. The second kappa shape index (κ2) is 8.80. The minimum absolute atomic E-state index is 0. The summed E-state index contributed by atoms with van der Waals surface area (Å²) >= 11 is 0. The van der Waals surface area contributed by atoms with Crippen molar-refractivity contribution in [1.82, 2.24) is 20.1 Å². The molecule has 0 saturated heterocycles. The van der Waals surface area contributed by atoms with Gasteiger partial charge in [0.05, 0.1) is 0 Å². The number of nitrogens with zero attached hydrogens (tertiary/aromatic N) is 3. The molecule has 2 N–H and O–H groups in total. The van der Waals surface area contributed by atoms with Crippen LogP contribution in [0.3, 0.4) is 0 Å². The van der Waals surface area contributed by atoms with Gasteiger partial charge in [0.2, 0.25) is 5.91 Å². The topological polar surface area (TPSA) is 71.8 Å². The molecule has 0 saturated carbocycles. The molecule has 0 spiro atoms. The van der Waals surface area contributed by atoms with Crippen molar-refractivity contribution < 1.29 is 4.79 Å². The van der Waals surface area contributed by atoms with Gasteiger partial charge in [-0.05, 0) is 32.0 Å². The Morgan fingerprint density at radius 1 is 1.25 bits per heavy atom. The van der Waals surface area contributed by atoms with Crippen molar-refractivity contribution in [2.75, 3.05) is 18.9 Å². The zero-order chi connectivity index (χ0) is 16.1. The molecule has 0 fully saturated rings. The number of nitrogens with one attached hydrogen (secondary N) is 2. The highest BCUT2D eigenvalue weighted by molar-refractivity contribution is 5.91. The largest absolute Gasteiger partial charge is 0.326 e. The van der Waals surface area contributed by atoms with E-state index in [4.69, 9.17) is 0 Å². The number of benzene rings is 1. The molecule has 1 aliphatic heterocycles. The van der Waals surface area contributed by atoms with Gasteiger partial charge in [0.1, 0.15) is 5.82 Å². The van der Waals surface area contributed by atoms with Crippen LogP contribution in [0.25, 0.3) is 11.4 Å². The summed E-state index contributed by atoms with van der Waals surface area (Å²) in [7, 11) is 1.84. The van der Waals surface area contributed by atoms with Gasteiger partial charge in [0, 0.05) is 37.2 Å². The van der Waals surface area contributed by atoms with Crippen molar-refractivity contribution >= 4 is 24.0 Å². The lowest BCUT2D eigenvalue weighted by atomic mass is 10.2. The first kappa shape index (κ1) is 18.4. The Morgan fingerprint density at radius 3 is 2.96 bits per heavy atom. The number of anilines is 1. The smallest absolute Gasteiger partial charge is 0.225 e. The average molecular weight is 350 g/mol. The summed E-state index contributed by atoms with van der Waals surface area (Å²) < 4.78 is 2.22. The van der Waals surface area contributed by atoms with Crippen molar-refractivity contribution in [3.05, 3.63) is 30.1 Å². The number of halogens is 1. The Labute approximate surface area is 148 Å². The molecular weight excluding hydrogens is 326 g/mol. The molecule has 0 radical (unpaired) electrons. The van der Waals surface area contributed by atoms with Gasteiger partial charge in [-0.15, -0.1) is 22.6 Å². The predicted octanol–water partition coefficient (Wildman–Crippen LogP) is 2.64. The lowest BCUT2D eigenvalue weighted by Crippen LogP contribution is -2.18. The van der Waals surface area contributed by atoms with E-state index in [1.165, 1.54) is 19.3 Å². The third-order valence-electron chi connectivity index (χ3n) is 4.12. The van der Waals surface area contributed by atoms with Crippen molar-refractivity contribution in [3.8, 4) is 11.4 Å². The number of carbonyl (C=O) groups excluding carboxylic acids is 1. The number of hydrogen-bond acceptors (Lipinski definition) is 4. The van der Waals surface area contributed by atoms with Crippen LogP contribution >= 0.6 is 12.4 Å². The lowest BCUT2D eigenvalue weighted by Gasteiger charge is -2.09. The molecule has 0 bridgehead atoms. The molecule has 2 aromatic rings. The summed E-state index contributed by atoms with van der Waals surface area (Å²) in [5, 5.41) is 14.6. The molecule has 3 rings (SSSR count). The first-order chi connectivity index (χ1) is 11.3. The zero-order valence-corrected chi connectivity index (χ0v) is 14.7. The van der Waals surface area contributed by atoms with E-state index in [9.17, 15) is 4.79 Å². The van der Waals surface area contributed by atoms with Crippen molar-refractivity contribution in [3.63, 3.8) is 0 Å². The van der Waals surface area contributed by atoms with Gasteiger partial charge >= 0.3 is 0 Å². The molecule has 6 nitrogen and oxygen atoms in total. The van der Waals surface area contributed by atoms with Crippen LogP contribution in [0.2, 0.25) is 0 Å². The Bertz CT molecular complexity index is 685. The first-order valence-electron chi connectivity index (χ1n) is 8.25. The minimum atomic E-state index is 0. The Kier molecular flexibility index (Phi) is 6.75. The highest BCUT2D eigenvalue weighted by atomic mass is 35.5. The number of rotatable bonds is 5. The van der Waals surface area contributed by atoms with E-state index in [-0.39, 0.29) is 18.3 Å². The normalized spacial score (nSPS) is 13.5. The van der Waals surface area contributed by atoms with E-state index in [2.05, 4.69) is 25.4 Å². The molecule has 24 heavy (non-hydrogen) atoms. The van der Waals surface area contributed by atoms with Crippen LogP contribution < -0.4 is 10.6 Å². The Morgan fingerprint density at radius 2 is 2.12 bits per heavy atom. The van der Waals surface area contributed by atoms with Crippen molar-refractivity contribution in [2.45, 2.75) is 38.6 Å². The maximum absolute atomic E-state index is 11.9. The fourth-order valence-electron chi connectivity index (χ4n) is 2.90. The summed E-state index contributed by atoms with van der Waals surface area (Å²) in [6.07, 6.45) is 5.04. The highest BCUT2D eigenvalue weighted by Gasteiger charge is 2.16. The molecule has 130 valence electrons. The van der Waals surface area contributed by atoms with Crippen LogP contribution in [0.15, 0.2) is 24.3 Å². The number of fused-ring (bicyclic) bond motifs is 1. The van der Waals surface area contributed by atoms with E-state index in [1.54, 1.807) is 0 Å². The molecule has 1 aromatic carbocycles. The van der Waals surface area contributed by atoms with Crippen LogP contribution in [0.4, 0.5) is 5.69 Å². The van der Waals surface area contributed by atoms with Crippen molar-refractivity contribution in [1.29, 1.82) is 0 Å². The number of amides is 1. The third-order valence-corrected chi connectivity index (χ3v) is 4.12. The maximum atomic E-state index is 11.9. The van der Waals surface area contributed by atoms with Gasteiger partial charge in [-0.1, -0.05) is 18.6 Å². The molecule has 7 heteroatoms. The van der Waals surface area contributed by atoms with E-state index >= 15 is 0 Å². The Balaban J connectivity index is 0.00000208. The van der Waals surface area contributed by atoms with Crippen LogP contribution in [0.5, 0.6) is 0 Å². The fraction of sp³-hybridized carbons (Fsp3) is 0.471. The van der Waals surface area contributed by atoms with Gasteiger partial charge in [-0.3, -0.25) is 4.79 Å². The first-order valence-corrected chi connectivity index (χ1v) is 8.25. The second-order valence-corrected chi connectivity index (χ2v) is 5.88. The van der Waals surface area contributed by atoms with Crippen molar-refractivity contribution in [2.24, 2.45) is 0 Å². The van der Waals surface area contributed by atoms with Crippen LogP contribution in [-0.4, -0.2) is 34.3 Å². The summed E-state index contributed by atoms with van der Waals surface area (Å²) in [5.41, 5.74) is 1.80. The molecule has 0 unspecified atom stereocenters. The van der Waals surface area contributed by atoms with Gasteiger partial charge in [0.25, 0.3) is 0 Å². The fourth-order valence-corrected chi connectivity index (χ4v) is 2.90. The highest BCUT2D eigenvalue weighted by Crippen LogP contribution is 2.24. The maximum Gasteiger partial charge on any atom is 0.225 e. The average Bonchev–Trinajstić information content (AvgIpc) is 2.82. The second-order valence-electron chi connectivity index (χ2n) is 5.88. The van der Waals surface area contributed by atoms with Gasteiger partial charge in [-0.2, -0.15) is 0 Å². The quantitative estimate of drug-likeness (QED) is 0.870. The minimum Gasteiger partial charge on any atom is -0.326 e. The van der Waals surface area contributed by atoms with E-state index in [1.807, 2.05) is 31.3 Å². The van der Waals surface area contributed by atoms with Crippen LogP contribution in [0.1, 0.15) is 31.5 Å². The predicted molar refractivity (Wildman–Crippen MR) is 97.4 cm³/mol. The summed E-state index contributed by atoms with van der Waals surface area (Å²) in [6.45, 7) is 1.64. The number of hydrogen-bond donors (Lipinski definition) is 2. The standard InChI is InChI=1S/C17H23N5O.ClH/c1-18-10-9-16(23)19-14-7-5-6-13(12-14)17-21-20-15-8-3-2-4-11-22(15)17;/h5-7,12,18H,2-4,8-11H2,1H3,(H,19,23);1H. The van der Waals surface area contributed by atoms with Gasteiger partial charge in [0.15, 0.2) is 5.82 Å². The number of carbonyl (C=O) groups is 1. The molecule has 0 aliphatic carbocycles. The van der Waals surface area contributed by atoms with E-state index in [0.29, 0.717) is 13.0 Å². The zero-order valence-electron chi connectivity index (χ0n) is 13.9. The third kappa shape index (κ3) is 4.33. The molecule has 1 amide bonds. The van der Waals surface area contributed by atoms with Gasteiger partial charge in [-0.25, -0.2) is 0 Å². The molecule has 0 atom stereocenters. The van der Waals surface area contributed by atoms with E-state index < -0.39 is 0 Å². The molecule has 2 heterocycles. The Hall–Kier alpha value is -1.92. The summed E-state index contributed by atoms with van der Waals surface area (Å²) in [5.74, 6) is 1.98.